The van der Waals surface area contributed by atoms with Gasteiger partial charge in [0.2, 0.25) is 5.88 Å². The Morgan fingerprint density at radius 1 is 1.27 bits per heavy atom. The molecule has 3 rings (SSSR count). The summed E-state index contributed by atoms with van der Waals surface area (Å²) in [7, 11) is 1.57. The molecule has 2 atom stereocenters. The lowest BCUT2D eigenvalue weighted by Crippen LogP contribution is -2.36. The number of aliphatic hydroxyl groups excluding tert-OH is 1. The first kappa shape index (κ1) is 18.2. The van der Waals surface area contributed by atoms with Crippen molar-refractivity contribution in [3.8, 4) is 11.6 Å². The predicted octanol–water partition coefficient (Wildman–Crippen LogP) is 2.00. The summed E-state index contributed by atoms with van der Waals surface area (Å²) in [5, 5.41) is 11.0. The highest BCUT2D eigenvalue weighted by atomic mass is 16.6. The van der Waals surface area contributed by atoms with Gasteiger partial charge in [-0.2, -0.15) is 0 Å². The Morgan fingerprint density at radius 3 is 2.73 bits per heavy atom. The highest BCUT2D eigenvalue weighted by Crippen LogP contribution is 2.28. The van der Waals surface area contributed by atoms with Crippen LogP contribution in [0.3, 0.4) is 0 Å². The van der Waals surface area contributed by atoms with Crippen LogP contribution in [0.5, 0.6) is 11.6 Å². The number of nitrogens with zero attached hydrogens (tertiary/aromatic N) is 3. The molecule has 0 bridgehead atoms. The molecule has 1 saturated heterocycles. The number of fused-ring (bicyclic) bond motifs is 1. The summed E-state index contributed by atoms with van der Waals surface area (Å²) < 4.78 is 16.5. The minimum atomic E-state index is -0.835. The fraction of sp³-hybridized carbons (Fsp3) is 0.500. The van der Waals surface area contributed by atoms with Gasteiger partial charge in [0.05, 0.1) is 31.1 Å². The molecule has 8 nitrogen and oxygen atoms in total. The molecule has 1 aliphatic rings. The Kier molecular flexibility index (Phi) is 4.86. The maximum atomic E-state index is 12.2. The molecule has 0 unspecified atom stereocenters. The van der Waals surface area contributed by atoms with Crippen LogP contribution in [0.4, 0.5) is 4.79 Å². The molecule has 1 N–H and O–H groups in total. The lowest BCUT2D eigenvalue weighted by atomic mass is 10.2. The second kappa shape index (κ2) is 6.95. The summed E-state index contributed by atoms with van der Waals surface area (Å²) in [6.45, 7) is 5.75. The Labute approximate surface area is 151 Å². The van der Waals surface area contributed by atoms with Crippen LogP contribution in [0.2, 0.25) is 0 Å². The van der Waals surface area contributed by atoms with E-state index in [0.717, 1.165) is 0 Å². The average Bonchev–Trinajstić information content (AvgIpc) is 2.94. The summed E-state index contributed by atoms with van der Waals surface area (Å²) in [5.74, 6) is 0.989. The second-order valence-corrected chi connectivity index (χ2v) is 7.17. The van der Waals surface area contributed by atoms with Crippen molar-refractivity contribution in [3.63, 3.8) is 0 Å². The van der Waals surface area contributed by atoms with Crippen molar-refractivity contribution in [3.05, 3.63) is 24.5 Å². The van der Waals surface area contributed by atoms with E-state index in [1.54, 1.807) is 46.1 Å². The minimum Gasteiger partial charge on any atom is -0.497 e. The molecule has 8 heteroatoms. The molecular formula is C18H23N3O5. The first-order chi connectivity index (χ1) is 12.3. The van der Waals surface area contributed by atoms with Crippen LogP contribution >= 0.6 is 0 Å². The highest BCUT2D eigenvalue weighted by Gasteiger charge is 2.38. The van der Waals surface area contributed by atoms with Crippen molar-refractivity contribution in [2.24, 2.45) is 0 Å². The third kappa shape index (κ3) is 3.96. The third-order valence-corrected chi connectivity index (χ3v) is 3.96. The first-order valence-electron chi connectivity index (χ1n) is 8.38. The van der Waals surface area contributed by atoms with Gasteiger partial charge in [-0.15, -0.1) is 0 Å². The van der Waals surface area contributed by atoms with Crippen molar-refractivity contribution in [2.75, 3.05) is 20.2 Å². The second-order valence-electron chi connectivity index (χ2n) is 7.17. The SMILES string of the molecule is COc1ccc2ncnc(O[C@@H]3CN(C(=O)OC(C)(C)C)C[C@H]3O)c2c1. The number of benzene rings is 1. The number of likely N-dealkylation sites (tertiary alicyclic amines) is 1. The van der Waals surface area contributed by atoms with Gasteiger partial charge in [-0.3, -0.25) is 0 Å². The van der Waals surface area contributed by atoms with Crippen molar-refractivity contribution >= 4 is 17.0 Å². The van der Waals surface area contributed by atoms with Crippen LogP contribution in [0.1, 0.15) is 20.8 Å². The zero-order valence-corrected chi connectivity index (χ0v) is 15.3. The summed E-state index contributed by atoms with van der Waals surface area (Å²) in [6.07, 6.45) is -0.515. The average molecular weight is 361 g/mol. The summed E-state index contributed by atoms with van der Waals surface area (Å²) >= 11 is 0. The summed E-state index contributed by atoms with van der Waals surface area (Å²) in [6, 6.07) is 5.38. The summed E-state index contributed by atoms with van der Waals surface area (Å²) in [5.41, 5.74) is 0.104. The number of hydrogen-bond donors (Lipinski definition) is 1. The zero-order chi connectivity index (χ0) is 18.9. The van der Waals surface area contributed by atoms with Gasteiger partial charge in [-0.1, -0.05) is 0 Å². The molecule has 140 valence electrons. The normalized spacial score (nSPS) is 20.3. The lowest BCUT2D eigenvalue weighted by molar-refractivity contribution is 0.0268. The number of ether oxygens (including phenoxy) is 3. The number of amides is 1. The number of methoxy groups -OCH3 is 1. The molecule has 0 aliphatic carbocycles. The van der Waals surface area contributed by atoms with E-state index < -0.39 is 23.9 Å². The quantitative estimate of drug-likeness (QED) is 0.893. The molecule has 1 aliphatic heterocycles. The van der Waals surface area contributed by atoms with E-state index in [9.17, 15) is 9.90 Å². The van der Waals surface area contributed by atoms with E-state index in [1.807, 2.05) is 0 Å². The van der Waals surface area contributed by atoms with E-state index in [2.05, 4.69) is 9.97 Å². The fourth-order valence-electron chi connectivity index (χ4n) is 2.72. The minimum absolute atomic E-state index is 0.145. The van der Waals surface area contributed by atoms with Crippen LogP contribution in [0, 0.1) is 0 Å². The predicted molar refractivity (Wildman–Crippen MR) is 94.3 cm³/mol. The van der Waals surface area contributed by atoms with Gasteiger partial charge in [0, 0.05) is 0 Å². The molecule has 2 heterocycles. The van der Waals surface area contributed by atoms with Gasteiger partial charge in [-0.25, -0.2) is 14.8 Å². The van der Waals surface area contributed by atoms with Crippen LogP contribution in [-0.4, -0.2) is 64.1 Å². The number of aliphatic hydroxyl groups is 1. The van der Waals surface area contributed by atoms with Crippen LogP contribution < -0.4 is 9.47 Å². The van der Waals surface area contributed by atoms with Gasteiger partial charge in [0.1, 0.15) is 29.9 Å². The third-order valence-electron chi connectivity index (χ3n) is 3.96. The number of β-amino-alcohol motifs (C(OH)–C–C–N with tert-alkyl or cyclic N) is 1. The van der Waals surface area contributed by atoms with Crippen LogP contribution in [0.15, 0.2) is 24.5 Å². The number of hydrogen-bond acceptors (Lipinski definition) is 7. The lowest BCUT2D eigenvalue weighted by Gasteiger charge is -2.24. The Morgan fingerprint density at radius 2 is 2.04 bits per heavy atom. The number of rotatable bonds is 3. The van der Waals surface area contributed by atoms with E-state index in [1.165, 1.54) is 11.2 Å². The van der Waals surface area contributed by atoms with E-state index >= 15 is 0 Å². The fourth-order valence-corrected chi connectivity index (χ4v) is 2.72. The molecule has 2 aromatic rings. The van der Waals surface area contributed by atoms with E-state index in [4.69, 9.17) is 14.2 Å². The molecule has 1 aromatic heterocycles. The standard InChI is InChI=1S/C18H23N3O5/c1-18(2,3)26-17(23)21-8-14(22)15(9-21)25-16-12-7-11(24-4)5-6-13(12)19-10-20-16/h5-7,10,14-15,22H,8-9H2,1-4H3/t14-,15-/m1/s1. The van der Waals surface area contributed by atoms with Crippen LogP contribution in [-0.2, 0) is 4.74 Å². The maximum absolute atomic E-state index is 12.2. The monoisotopic (exact) mass is 361 g/mol. The Bertz CT molecular complexity index is 805. The maximum Gasteiger partial charge on any atom is 0.410 e. The molecule has 0 saturated carbocycles. The molecule has 1 fully saturated rings. The molecule has 0 radical (unpaired) electrons. The van der Waals surface area contributed by atoms with Gasteiger partial charge in [0.15, 0.2) is 0 Å². The first-order valence-corrected chi connectivity index (χ1v) is 8.38. The van der Waals surface area contributed by atoms with Crippen LogP contribution in [0.25, 0.3) is 10.9 Å². The topological polar surface area (TPSA) is 94.0 Å². The number of aromatic nitrogens is 2. The van der Waals surface area contributed by atoms with Gasteiger partial charge in [-0.05, 0) is 39.0 Å². The number of carbonyl (C=O) groups excluding carboxylic acids is 1. The van der Waals surface area contributed by atoms with Crippen molar-refractivity contribution in [1.82, 2.24) is 14.9 Å². The number of carbonyl (C=O) groups is 1. The summed E-state index contributed by atoms with van der Waals surface area (Å²) in [4.78, 5) is 22.0. The molecule has 1 aromatic carbocycles. The smallest absolute Gasteiger partial charge is 0.410 e. The van der Waals surface area contributed by atoms with Gasteiger partial charge < -0.3 is 24.2 Å². The van der Waals surface area contributed by atoms with Crippen molar-refractivity contribution in [2.45, 2.75) is 38.6 Å². The van der Waals surface area contributed by atoms with Crippen molar-refractivity contribution < 1.29 is 24.1 Å². The van der Waals surface area contributed by atoms with Gasteiger partial charge in [0.25, 0.3) is 0 Å². The molecular weight excluding hydrogens is 338 g/mol. The Balaban J connectivity index is 1.77. The van der Waals surface area contributed by atoms with Crippen molar-refractivity contribution in [1.29, 1.82) is 0 Å². The van der Waals surface area contributed by atoms with Gasteiger partial charge >= 0.3 is 6.09 Å². The highest BCUT2D eigenvalue weighted by molar-refractivity contribution is 5.84. The molecule has 26 heavy (non-hydrogen) atoms. The largest absolute Gasteiger partial charge is 0.497 e. The Hall–Kier alpha value is -2.61. The van der Waals surface area contributed by atoms with E-state index in [-0.39, 0.29) is 13.1 Å². The molecule has 0 spiro atoms. The van der Waals surface area contributed by atoms with E-state index in [0.29, 0.717) is 22.5 Å². The zero-order valence-electron chi connectivity index (χ0n) is 15.3. The molecule has 1 amide bonds.